The number of benzene rings is 1. The van der Waals surface area contributed by atoms with Gasteiger partial charge < -0.3 is 19.5 Å². The molecule has 1 aliphatic heterocycles. The molecule has 1 amide bonds. The van der Waals surface area contributed by atoms with Crippen LogP contribution in [0, 0.1) is 6.92 Å². The van der Waals surface area contributed by atoms with Crippen molar-refractivity contribution in [2.45, 2.75) is 51.4 Å². The Balaban J connectivity index is 2.11. The zero-order chi connectivity index (χ0) is 17.7. The minimum atomic E-state index is -0.915. The van der Waals surface area contributed by atoms with Gasteiger partial charge in [0.25, 0.3) is 5.91 Å². The SMILES string of the molecule is CCC(Oc1cccc(C)c1)C(=O)N1CC(OC)CC1CC(=O)O. The summed E-state index contributed by atoms with van der Waals surface area (Å²) in [5.41, 5.74) is 1.05. The van der Waals surface area contributed by atoms with Crippen LogP contribution in [0.3, 0.4) is 0 Å². The van der Waals surface area contributed by atoms with Crippen molar-refractivity contribution in [3.05, 3.63) is 29.8 Å². The third kappa shape index (κ3) is 4.47. The number of aryl methyl sites for hydroxylation is 1. The number of carbonyl (C=O) groups is 2. The number of amides is 1. The Hall–Kier alpha value is -2.08. The van der Waals surface area contributed by atoms with E-state index in [0.29, 0.717) is 25.1 Å². The molecule has 3 atom stereocenters. The maximum atomic E-state index is 12.9. The lowest BCUT2D eigenvalue weighted by Crippen LogP contribution is -2.45. The molecule has 0 aliphatic carbocycles. The zero-order valence-corrected chi connectivity index (χ0v) is 14.4. The van der Waals surface area contributed by atoms with E-state index in [0.717, 1.165) is 5.56 Å². The van der Waals surface area contributed by atoms with Crippen molar-refractivity contribution in [3.8, 4) is 5.75 Å². The molecule has 1 fully saturated rings. The summed E-state index contributed by atoms with van der Waals surface area (Å²) in [5, 5.41) is 9.08. The largest absolute Gasteiger partial charge is 0.481 e. The van der Waals surface area contributed by atoms with Gasteiger partial charge in [-0.15, -0.1) is 0 Å². The lowest BCUT2D eigenvalue weighted by molar-refractivity contribution is -0.143. The van der Waals surface area contributed by atoms with Crippen molar-refractivity contribution >= 4 is 11.9 Å². The van der Waals surface area contributed by atoms with Crippen LogP contribution >= 0.6 is 0 Å². The summed E-state index contributed by atoms with van der Waals surface area (Å²) in [6.07, 6.45) is 0.219. The molecule has 3 unspecified atom stereocenters. The van der Waals surface area contributed by atoms with Gasteiger partial charge in [-0.1, -0.05) is 19.1 Å². The lowest BCUT2D eigenvalue weighted by atomic mass is 10.1. The van der Waals surface area contributed by atoms with E-state index in [1.165, 1.54) is 0 Å². The Morgan fingerprint density at radius 3 is 2.75 bits per heavy atom. The molecule has 2 rings (SSSR count). The van der Waals surface area contributed by atoms with Gasteiger partial charge in [-0.05, 0) is 37.5 Å². The first-order chi connectivity index (χ1) is 11.4. The Kier molecular flexibility index (Phi) is 6.20. The Bertz CT molecular complexity index is 589. The fraction of sp³-hybridized carbons (Fsp3) is 0.556. The predicted molar refractivity (Wildman–Crippen MR) is 89.1 cm³/mol. The second-order valence-electron chi connectivity index (χ2n) is 6.17. The van der Waals surface area contributed by atoms with Crippen LogP contribution in [0.2, 0.25) is 0 Å². The van der Waals surface area contributed by atoms with E-state index in [9.17, 15) is 9.59 Å². The number of carbonyl (C=O) groups excluding carboxylic acids is 1. The van der Waals surface area contributed by atoms with Crippen molar-refractivity contribution in [3.63, 3.8) is 0 Å². The highest BCUT2D eigenvalue weighted by atomic mass is 16.5. The summed E-state index contributed by atoms with van der Waals surface area (Å²) in [4.78, 5) is 25.6. The van der Waals surface area contributed by atoms with Crippen LogP contribution < -0.4 is 4.74 Å². The summed E-state index contributed by atoms with van der Waals surface area (Å²) in [7, 11) is 1.58. The molecule has 0 aromatic heterocycles. The van der Waals surface area contributed by atoms with Gasteiger partial charge in [-0.2, -0.15) is 0 Å². The molecule has 1 heterocycles. The van der Waals surface area contributed by atoms with Crippen molar-refractivity contribution in [1.29, 1.82) is 0 Å². The molecule has 1 aromatic carbocycles. The number of methoxy groups -OCH3 is 1. The molecule has 132 valence electrons. The normalized spacial score (nSPS) is 21.5. The van der Waals surface area contributed by atoms with Crippen LogP contribution in [0.25, 0.3) is 0 Å². The van der Waals surface area contributed by atoms with Gasteiger partial charge in [0.2, 0.25) is 0 Å². The maximum Gasteiger partial charge on any atom is 0.305 e. The first-order valence-corrected chi connectivity index (χ1v) is 8.23. The molecular weight excluding hydrogens is 310 g/mol. The standard InChI is InChI=1S/C18H25NO5/c1-4-16(24-14-7-5-6-12(2)8-14)18(22)19-11-15(23-3)9-13(19)10-17(20)21/h5-8,13,15-16H,4,9-11H2,1-3H3,(H,20,21). The van der Waals surface area contributed by atoms with Crippen LogP contribution in [0.4, 0.5) is 0 Å². The van der Waals surface area contributed by atoms with Crippen LogP contribution in [0.1, 0.15) is 31.7 Å². The highest BCUT2D eigenvalue weighted by Crippen LogP contribution is 2.25. The number of hydrogen-bond acceptors (Lipinski definition) is 4. The van der Waals surface area contributed by atoms with Crippen molar-refractivity contribution in [2.24, 2.45) is 0 Å². The van der Waals surface area contributed by atoms with Crippen molar-refractivity contribution in [1.82, 2.24) is 4.90 Å². The molecule has 0 saturated carbocycles. The molecule has 6 nitrogen and oxygen atoms in total. The van der Waals surface area contributed by atoms with E-state index in [4.69, 9.17) is 14.6 Å². The molecule has 6 heteroatoms. The van der Waals surface area contributed by atoms with Crippen molar-refractivity contribution < 1.29 is 24.2 Å². The second kappa shape index (κ2) is 8.15. The minimum Gasteiger partial charge on any atom is -0.481 e. The molecule has 0 spiro atoms. The van der Waals surface area contributed by atoms with Crippen molar-refractivity contribution in [2.75, 3.05) is 13.7 Å². The van der Waals surface area contributed by atoms with Crippen LogP contribution in [0.5, 0.6) is 5.75 Å². The Labute approximate surface area is 142 Å². The van der Waals surface area contributed by atoms with Gasteiger partial charge in [-0.25, -0.2) is 0 Å². The van der Waals surface area contributed by atoms with Gasteiger partial charge in [-0.3, -0.25) is 9.59 Å². The third-order valence-corrected chi connectivity index (χ3v) is 4.32. The van der Waals surface area contributed by atoms with Gasteiger partial charge >= 0.3 is 5.97 Å². The van der Waals surface area contributed by atoms with E-state index in [-0.39, 0.29) is 24.5 Å². The monoisotopic (exact) mass is 335 g/mol. The van der Waals surface area contributed by atoms with E-state index in [1.807, 2.05) is 38.1 Å². The predicted octanol–water partition coefficient (Wildman–Crippen LogP) is 2.24. The molecule has 1 saturated heterocycles. The first kappa shape index (κ1) is 18.3. The lowest BCUT2D eigenvalue weighted by Gasteiger charge is -2.28. The van der Waals surface area contributed by atoms with E-state index < -0.39 is 12.1 Å². The van der Waals surface area contributed by atoms with E-state index in [2.05, 4.69) is 0 Å². The molecule has 1 N–H and O–H groups in total. The van der Waals surface area contributed by atoms with Crippen LogP contribution in [-0.2, 0) is 14.3 Å². The Morgan fingerprint density at radius 2 is 2.17 bits per heavy atom. The average molecular weight is 335 g/mol. The first-order valence-electron chi connectivity index (χ1n) is 8.23. The van der Waals surface area contributed by atoms with Crippen LogP contribution in [-0.4, -0.2) is 53.8 Å². The summed E-state index contributed by atoms with van der Waals surface area (Å²) in [5.74, 6) is -0.445. The fourth-order valence-corrected chi connectivity index (χ4v) is 3.06. The quantitative estimate of drug-likeness (QED) is 0.827. The second-order valence-corrected chi connectivity index (χ2v) is 6.17. The molecule has 0 bridgehead atoms. The van der Waals surface area contributed by atoms with Gasteiger partial charge in [0.15, 0.2) is 6.10 Å². The Morgan fingerprint density at radius 1 is 1.42 bits per heavy atom. The number of rotatable bonds is 7. The highest BCUT2D eigenvalue weighted by Gasteiger charge is 2.39. The molecule has 0 radical (unpaired) electrons. The highest BCUT2D eigenvalue weighted by molar-refractivity contribution is 5.82. The van der Waals surface area contributed by atoms with E-state index in [1.54, 1.807) is 12.0 Å². The average Bonchev–Trinajstić information content (AvgIpc) is 2.94. The fourth-order valence-electron chi connectivity index (χ4n) is 3.06. The minimum absolute atomic E-state index is 0.0769. The number of nitrogens with zero attached hydrogens (tertiary/aromatic N) is 1. The number of aliphatic carboxylic acids is 1. The van der Waals surface area contributed by atoms with E-state index >= 15 is 0 Å². The number of ether oxygens (including phenoxy) is 2. The summed E-state index contributed by atoms with van der Waals surface area (Å²) >= 11 is 0. The molecule has 1 aromatic rings. The molecule has 24 heavy (non-hydrogen) atoms. The number of carboxylic acid groups (broad SMARTS) is 1. The molecular formula is C18H25NO5. The topological polar surface area (TPSA) is 76.1 Å². The van der Waals surface area contributed by atoms with Gasteiger partial charge in [0.05, 0.1) is 12.5 Å². The van der Waals surface area contributed by atoms with Crippen LogP contribution in [0.15, 0.2) is 24.3 Å². The van der Waals surface area contributed by atoms with Gasteiger partial charge in [0, 0.05) is 19.7 Å². The zero-order valence-electron chi connectivity index (χ0n) is 14.4. The summed E-state index contributed by atoms with van der Waals surface area (Å²) in [6.45, 7) is 4.25. The number of carboxylic acids is 1. The smallest absolute Gasteiger partial charge is 0.305 e. The van der Waals surface area contributed by atoms with Gasteiger partial charge in [0.1, 0.15) is 5.75 Å². The summed E-state index contributed by atoms with van der Waals surface area (Å²) in [6, 6.07) is 7.19. The number of likely N-dealkylation sites (tertiary alicyclic amines) is 1. The summed E-state index contributed by atoms with van der Waals surface area (Å²) < 4.78 is 11.2. The third-order valence-electron chi connectivity index (χ3n) is 4.32. The maximum absolute atomic E-state index is 12.9. The number of hydrogen-bond donors (Lipinski definition) is 1. The molecule has 1 aliphatic rings.